The molecular formula is C12H14O4. The summed E-state index contributed by atoms with van der Waals surface area (Å²) < 4.78 is 9.66. The van der Waals surface area contributed by atoms with E-state index in [-0.39, 0.29) is 6.61 Å². The minimum absolute atomic E-state index is 0.186. The predicted molar refractivity (Wildman–Crippen MR) is 57.5 cm³/mol. The van der Waals surface area contributed by atoms with E-state index < -0.39 is 18.0 Å². The number of ether oxygens (including phenoxy) is 2. The molecule has 0 heterocycles. The summed E-state index contributed by atoms with van der Waals surface area (Å²) in [5, 5.41) is 0. The van der Waals surface area contributed by atoms with Crippen molar-refractivity contribution in [1.82, 2.24) is 0 Å². The SMILES string of the molecule is CC(=O)O[C@@H](C)C(=O)OCc1ccccc1. The average Bonchev–Trinajstić information content (AvgIpc) is 2.26. The van der Waals surface area contributed by atoms with E-state index in [4.69, 9.17) is 4.74 Å². The minimum Gasteiger partial charge on any atom is -0.458 e. The molecule has 0 aliphatic carbocycles. The van der Waals surface area contributed by atoms with Crippen molar-refractivity contribution in [3.8, 4) is 0 Å². The lowest BCUT2D eigenvalue weighted by Crippen LogP contribution is -2.25. The van der Waals surface area contributed by atoms with Crippen LogP contribution in [0.1, 0.15) is 19.4 Å². The van der Waals surface area contributed by atoms with Gasteiger partial charge in [0.15, 0.2) is 6.10 Å². The number of hydrogen-bond donors (Lipinski definition) is 0. The molecule has 0 unspecified atom stereocenters. The molecule has 4 heteroatoms. The van der Waals surface area contributed by atoms with Crippen LogP contribution in [0.2, 0.25) is 0 Å². The predicted octanol–water partition coefficient (Wildman–Crippen LogP) is 1.68. The normalized spacial score (nSPS) is 11.6. The molecule has 0 bridgehead atoms. The monoisotopic (exact) mass is 222 g/mol. The number of carbonyl (C=O) groups is 2. The molecule has 0 aliphatic rings. The Morgan fingerprint density at radius 2 is 1.88 bits per heavy atom. The molecule has 1 aromatic rings. The molecule has 0 amide bonds. The molecule has 1 aromatic carbocycles. The van der Waals surface area contributed by atoms with E-state index in [1.54, 1.807) is 0 Å². The molecule has 0 saturated heterocycles. The largest absolute Gasteiger partial charge is 0.458 e. The first-order chi connectivity index (χ1) is 7.59. The van der Waals surface area contributed by atoms with Gasteiger partial charge in [-0.1, -0.05) is 30.3 Å². The summed E-state index contributed by atoms with van der Waals surface area (Å²) in [4.78, 5) is 22.0. The molecule has 0 N–H and O–H groups in total. The van der Waals surface area contributed by atoms with Gasteiger partial charge in [0.25, 0.3) is 0 Å². The van der Waals surface area contributed by atoms with Crippen LogP contribution in [0.5, 0.6) is 0 Å². The fraction of sp³-hybridized carbons (Fsp3) is 0.333. The molecule has 0 radical (unpaired) electrons. The first-order valence-corrected chi connectivity index (χ1v) is 4.97. The van der Waals surface area contributed by atoms with Gasteiger partial charge < -0.3 is 9.47 Å². The van der Waals surface area contributed by atoms with Crippen LogP contribution in [0.3, 0.4) is 0 Å². The van der Waals surface area contributed by atoms with E-state index >= 15 is 0 Å². The Bertz CT molecular complexity index is 359. The lowest BCUT2D eigenvalue weighted by Gasteiger charge is -2.11. The first kappa shape index (κ1) is 12.2. The average molecular weight is 222 g/mol. The minimum atomic E-state index is -0.860. The van der Waals surface area contributed by atoms with Gasteiger partial charge in [0.2, 0.25) is 0 Å². The first-order valence-electron chi connectivity index (χ1n) is 4.97. The molecule has 0 fully saturated rings. The van der Waals surface area contributed by atoms with E-state index in [2.05, 4.69) is 4.74 Å². The lowest BCUT2D eigenvalue weighted by molar-refractivity contribution is -0.166. The molecule has 86 valence electrons. The molecule has 0 aliphatic heterocycles. The highest BCUT2D eigenvalue weighted by atomic mass is 16.6. The van der Waals surface area contributed by atoms with Crippen molar-refractivity contribution >= 4 is 11.9 Å². The van der Waals surface area contributed by atoms with Gasteiger partial charge in [0, 0.05) is 6.92 Å². The Morgan fingerprint density at radius 3 is 2.44 bits per heavy atom. The summed E-state index contributed by atoms with van der Waals surface area (Å²) in [6.07, 6.45) is -0.860. The standard InChI is InChI=1S/C12H14O4/c1-9(16-10(2)13)12(14)15-8-11-6-4-3-5-7-11/h3-7,9H,8H2,1-2H3/t9-/m0/s1. The van der Waals surface area contributed by atoms with Crippen LogP contribution in [-0.2, 0) is 25.7 Å². The van der Waals surface area contributed by atoms with E-state index in [0.717, 1.165) is 5.56 Å². The van der Waals surface area contributed by atoms with E-state index in [9.17, 15) is 9.59 Å². The quantitative estimate of drug-likeness (QED) is 0.727. The van der Waals surface area contributed by atoms with Crippen molar-refractivity contribution in [2.75, 3.05) is 0 Å². The van der Waals surface area contributed by atoms with Gasteiger partial charge in [-0.3, -0.25) is 4.79 Å². The molecular weight excluding hydrogens is 208 g/mol. The van der Waals surface area contributed by atoms with Crippen molar-refractivity contribution in [2.45, 2.75) is 26.6 Å². The lowest BCUT2D eigenvalue weighted by atomic mass is 10.2. The number of rotatable bonds is 4. The summed E-state index contributed by atoms with van der Waals surface area (Å²) in [6.45, 7) is 2.92. The Labute approximate surface area is 94.2 Å². The molecule has 16 heavy (non-hydrogen) atoms. The summed E-state index contributed by atoms with van der Waals surface area (Å²) in [5.74, 6) is -1.04. The van der Waals surface area contributed by atoms with E-state index in [1.165, 1.54) is 13.8 Å². The van der Waals surface area contributed by atoms with Crippen molar-refractivity contribution in [2.24, 2.45) is 0 Å². The Morgan fingerprint density at radius 1 is 1.25 bits per heavy atom. The zero-order chi connectivity index (χ0) is 12.0. The summed E-state index contributed by atoms with van der Waals surface area (Å²) >= 11 is 0. The zero-order valence-electron chi connectivity index (χ0n) is 9.30. The smallest absolute Gasteiger partial charge is 0.347 e. The van der Waals surface area contributed by atoms with Gasteiger partial charge in [-0.2, -0.15) is 0 Å². The third kappa shape index (κ3) is 4.13. The maximum Gasteiger partial charge on any atom is 0.347 e. The highest BCUT2D eigenvalue weighted by molar-refractivity contribution is 5.78. The van der Waals surface area contributed by atoms with Gasteiger partial charge >= 0.3 is 11.9 Å². The molecule has 0 aromatic heterocycles. The van der Waals surface area contributed by atoms with Crippen LogP contribution in [0.4, 0.5) is 0 Å². The highest BCUT2D eigenvalue weighted by Crippen LogP contribution is 2.03. The van der Waals surface area contributed by atoms with E-state index in [0.29, 0.717) is 0 Å². The maximum absolute atomic E-state index is 11.4. The Balaban J connectivity index is 2.38. The van der Waals surface area contributed by atoms with Gasteiger partial charge in [0.05, 0.1) is 0 Å². The molecule has 0 saturated carbocycles. The maximum atomic E-state index is 11.4. The second-order valence-electron chi connectivity index (χ2n) is 3.34. The van der Waals surface area contributed by atoms with Crippen molar-refractivity contribution in [3.05, 3.63) is 35.9 Å². The second kappa shape index (κ2) is 5.90. The van der Waals surface area contributed by atoms with Gasteiger partial charge in [-0.15, -0.1) is 0 Å². The molecule has 1 rings (SSSR count). The zero-order valence-corrected chi connectivity index (χ0v) is 9.30. The van der Waals surface area contributed by atoms with Crippen LogP contribution >= 0.6 is 0 Å². The number of hydrogen-bond acceptors (Lipinski definition) is 4. The van der Waals surface area contributed by atoms with Gasteiger partial charge in [-0.25, -0.2) is 4.79 Å². The van der Waals surface area contributed by atoms with Crippen LogP contribution < -0.4 is 0 Å². The van der Waals surface area contributed by atoms with Gasteiger partial charge in [0.1, 0.15) is 6.61 Å². The third-order valence-electron chi connectivity index (χ3n) is 1.90. The summed E-state index contributed by atoms with van der Waals surface area (Å²) in [7, 11) is 0. The van der Waals surface area contributed by atoms with Crippen LogP contribution in [0.25, 0.3) is 0 Å². The molecule has 0 spiro atoms. The molecule has 1 atom stereocenters. The highest BCUT2D eigenvalue weighted by Gasteiger charge is 2.17. The van der Waals surface area contributed by atoms with Crippen molar-refractivity contribution in [1.29, 1.82) is 0 Å². The second-order valence-corrected chi connectivity index (χ2v) is 3.34. The number of benzene rings is 1. The molecule has 4 nitrogen and oxygen atoms in total. The Hall–Kier alpha value is -1.84. The number of esters is 2. The third-order valence-corrected chi connectivity index (χ3v) is 1.90. The fourth-order valence-corrected chi connectivity index (χ4v) is 1.14. The summed E-state index contributed by atoms with van der Waals surface area (Å²) in [6, 6.07) is 9.30. The van der Waals surface area contributed by atoms with Crippen molar-refractivity contribution in [3.63, 3.8) is 0 Å². The van der Waals surface area contributed by atoms with E-state index in [1.807, 2.05) is 30.3 Å². The van der Waals surface area contributed by atoms with Crippen LogP contribution in [0, 0.1) is 0 Å². The topological polar surface area (TPSA) is 52.6 Å². The number of carbonyl (C=O) groups excluding carboxylic acids is 2. The Kier molecular flexibility index (Phi) is 4.51. The van der Waals surface area contributed by atoms with Crippen LogP contribution in [0.15, 0.2) is 30.3 Å². The van der Waals surface area contributed by atoms with Crippen LogP contribution in [-0.4, -0.2) is 18.0 Å². The van der Waals surface area contributed by atoms with Crippen molar-refractivity contribution < 1.29 is 19.1 Å². The van der Waals surface area contributed by atoms with Gasteiger partial charge in [-0.05, 0) is 12.5 Å². The fourth-order valence-electron chi connectivity index (χ4n) is 1.14. The summed E-state index contributed by atoms with van der Waals surface area (Å²) in [5.41, 5.74) is 0.894.